The molecule has 0 aromatic rings. The van der Waals surface area contributed by atoms with Crippen LogP contribution in [-0.4, -0.2) is 60.5 Å². The predicted molar refractivity (Wildman–Crippen MR) is 253 cm³/mol. The van der Waals surface area contributed by atoms with Crippen LogP contribution in [-0.2, 0) is 32.7 Å². The minimum absolute atomic E-state index is 0.00671. The number of phosphoric acid groups is 1. The number of esters is 1. The Morgan fingerprint density at radius 2 is 0.951 bits per heavy atom. The lowest BCUT2D eigenvalue weighted by atomic mass is 10.1. The molecule has 350 valence electrons. The molecule has 61 heavy (non-hydrogen) atoms. The number of unbranched alkanes of at least 4 members (excludes halogenated alkanes) is 16. The first-order valence-corrected chi connectivity index (χ1v) is 25.1. The zero-order chi connectivity index (χ0) is 44.8. The molecule has 0 fully saturated rings. The van der Waals surface area contributed by atoms with Crippen LogP contribution in [0.5, 0.6) is 0 Å². The van der Waals surface area contributed by atoms with Gasteiger partial charge in [-0.1, -0.05) is 170 Å². The highest BCUT2D eigenvalue weighted by atomic mass is 31.2. The highest BCUT2D eigenvalue weighted by molar-refractivity contribution is 7.47. The van der Waals surface area contributed by atoms with Gasteiger partial charge in [-0.2, -0.15) is 0 Å². The highest BCUT2D eigenvalue weighted by Gasteiger charge is 2.27. The molecular formula is C50H86NO9P. The first kappa shape index (κ1) is 58.1. The molecule has 0 spiro atoms. The maximum Gasteiger partial charge on any atom is 0.472 e. The van der Waals surface area contributed by atoms with Gasteiger partial charge >= 0.3 is 19.8 Å². The Labute approximate surface area is 371 Å². The van der Waals surface area contributed by atoms with Crippen molar-refractivity contribution < 1.29 is 42.7 Å². The summed E-state index contributed by atoms with van der Waals surface area (Å²) in [6, 6.07) is -1.48. The van der Waals surface area contributed by atoms with Crippen molar-refractivity contribution in [2.24, 2.45) is 5.73 Å². The molecule has 0 aromatic heterocycles. The Bertz CT molecular complexity index is 1290. The van der Waals surface area contributed by atoms with Gasteiger partial charge in [0.2, 0.25) is 0 Å². The number of phosphoric ester groups is 1. The van der Waals surface area contributed by atoms with E-state index in [1.54, 1.807) is 0 Å². The number of carbonyl (C=O) groups excluding carboxylic acids is 1. The largest absolute Gasteiger partial charge is 0.480 e. The molecule has 3 unspecified atom stereocenters. The number of allylic oxidation sites excluding steroid dienone is 14. The Morgan fingerprint density at radius 3 is 1.43 bits per heavy atom. The number of nitrogens with two attached hydrogens (primary N) is 1. The number of hydrogen-bond acceptors (Lipinski definition) is 8. The minimum atomic E-state index is -4.63. The number of rotatable bonds is 44. The number of carbonyl (C=O) groups is 2. The van der Waals surface area contributed by atoms with Gasteiger partial charge in [-0.15, -0.1) is 0 Å². The summed E-state index contributed by atoms with van der Waals surface area (Å²) in [4.78, 5) is 33.6. The number of carboxylic acids is 1. The van der Waals surface area contributed by atoms with Gasteiger partial charge in [0, 0.05) is 13.0 Å². The third kappa shape index (κ3) is 45.0. The first-order valence-electron chi connectivity index (χ1n) is 23.6. The molecular weight excluding hydrogens is 790 g/mol. The maximum absolute atomic E-state index is 12.7. The van der Waals surface area contributed by atoms with E-state index in [0.717, 1.165) is 96.3 Å². The van der Waals surface area contributed by atoms with Crippen LogP contribution in [0.2, 0.25) is 0 Å². The first-order chi connectivity index (χ1) is 29.7. The molecule has 11 heteroatoms. The zero-order valence-corrected chi connectivity index (χ0v) is 39.1. The second kappa shape index (κ2) is 45.2. The molecule has 0 aliphatic heterocycles. The number of hydrogen-bond donors (Lipinski definition) is 3. The van der Waals surface area contributed by atoms with Gasteiger partial charge in [-0.05, 0) is 89.9 Å². The Kier molecular flexibility index (Phi) is 43.1. The van der Waals surface area contributed by atoms with Crippen molar-refractivity contribution in [2.75, 3.05) is 26.4 Å². The van der Waals surface area contributed by atoms with Crippen LogP contribution in [0.15, 0.2) is 85.1 Å². The van der Waals surface area contributed by atoms with Crippen molar-refractivity contribution >= 4 is 19.8 Å². The van der Waals surface area contributed by atoms with Crippen molar-refractivity contribution in [3.8, 4) is 0 Å². The molecule has 0 saturated carbocycles. The molecule has 3 atom stereocenters. The normalized spacial score (nSPS) is 14.6. The van der Waals surface area contributed by atoms with Crippen LogP contribution in [0, 0.1) is 0 Å². The van der Waals surface area contributed by atoms with E-state index in [2.05, 4.69) is 98.9 Å². The fraction of sp³-hybridized carbons (Fsp3) is 0.680. The number of aliphatic carboxylic acids is 1. The topological polar surface area (TPSA) is 155 Å². The van der Waals surface area contributed by atoms with E-state index < -0.39 is 45.1 Å². The highest BCUT2D eigenvalue weighted by Crippen LogP contribution is 2.43. The van der Waals surface area contributed by atoms with E-state index in [0.29, 0.717) is 13.0 Å². The molecule has 0 saturated heterocycles. The lowest BCUT2D eigenvalue weighted by Crippen LogP contribution is -2.34. The summed E-state index contributed by atoms with van der Waals surface area (Å²) in [6.07, 6.45) is 57.7. The van der Waals surface area contributed by atoms with E-state index in [1.807, 2.05) is 0 Å². The van der Waals surface area contributed by atoms with E-state index in [9.17, 15) is 19.0 Å². The average Bonchev–Trinajstić information content (AvgIpc) is 3.24. The van der Waals surface area contributed by atoms with Crippen molar-refractivity contribution in [1.82, 2.24) is 0 Å². The third-order valence-corrected chi connectivity index (χ3v) is 10.6. The molecule has 0 amide bonds. The summed E-state index contributed by atoms with van der Waals surface area (Å²) in [7, 11) is -4.63. The molecule has 0 bridgehead atoms. The van der Waals surface area contributed by atoms with Crippen LogP contribution in [0.4, 0.5) is 0 Å². The van der Waals surface area contributed by atoms with Gasteiger partial charge < -0.3 is 25.2 Å². The summed E-state index contributed by atoms with van der Waals surface area (Å²) in [5.41, 5.74) is 5.36. The van der Waals surface area contributed by atoms with Gasteiger partial charge in [0.05, 0.1) is 19.8 Å². The smallest absolute Gasteiger partial charge is 0.472 e. The second-order valence-corrected chi connectivity index (χ2v) is 17.0. The molecule has 0 rings (SSSR count). The van der Waals surface area contributed by atoms with Crippen LogP contribution in [0.25, 0.3) is 0 Å². The third-order valence-electron chi connectivity index (χ3n) is 9.66. The predicted octanol–water partition coefficient (Wildman–Crippen LogP) is 13.5. The fourth-order valence-corrected chi connectivity index (χ4v) is 6.79. The summed E-state index contributed by atoms with van der Waals surface area (Å²) in [5.74, 6) is -1.80. The van der Waals surface area contributed by atoms with Crippen LogP contribution in [0.1, 0.15) is 181 Å². The molecule has 10 nitrogen and oxygen atoms in total. The van der Waals surface area contributed by atoms with Crippen LogP contribution >= 0.6 is 7.82 Å². The van der Waals surface area contributed by atoms with Crippen LogP contribution < -0.4 is 5.73 Å². The number of ether oxygens (including phenoxy) is 2. The van der Waals surface area contributed by atoms with E-state index in [1.165, 1.54) is 57.8 Å². The van der Waals surface area contributed by atoms with Crippen LogP contribution in [0.3, 0.4) is 0 Å². The van der Waals surface area contributed by atoms with Crippen molar-refractivity contribution in [2.45, 2.75) is 193 Å². The summed E-state index contributed by atoms with van der Waals surface area (Å²) < 4.78 is 33.4. The van der Waals surface area contributed by atoms with Gasteiger partial charge in [0.15, 0.2) is 0 Å². The standard InChI is InChI=1S/C50H86NO9P/c1-3-5-7-9-11-13-15-17-19-21-23-25-27-29-31-33-35-37-39-41-43-57-44-47(45-58-61(55,56)59-46-48(51)50(53)54)60-49(52)42-40-38-36-34-32-30-28-26-24-22-20-18-16-14-12-10-8-6-4-2/h5,7,11-14,17-20,23,25,29,31,47-48H,3-4,6,8-10,15-16,21-22,24,26-28,30,32-46,51H2,1-2H3,(H,53,54)(H,55,56)/b7-5-,13-11-,14-12-,19-17-,20-18-,25-23-,31-29-. The molecule has 0 radical (unpaired) electrons. The SMILES string of the molecule is CC/C=C\C/C=C\C/C=C\C/C=C\C/C=C\CCCCCCOCC(COP(=O)(O)OCC(N)C(=O)O)OC(=O)CCCCCCCCCCC/C=C\C/C=C\CCCCC. The monoisotopic (exact) mass is 876 g/mol. The van der Waals surface area contributed by atoms with Gasteiger partial charge in [0.1, 0.15) is 12.1 Å². The van der Waals surface area contributed by atoms with E-state index in [4.69, 9.17) is 29.4 Å². The molecule has 0 aliphatic carbocycles. The average molecular weight is 876 g/mol. The molecule has 0 heterocycles. The Balaban J connectivity index is 4.27. The zero-order valence-electron chi connectivity index (χ0n) is 38.2. The van der Waals surface area contributed by atoms with E-state index in [-0.39, 0.29) is 13.0 Å². The van der Waals surface area contributed by atoms with Crippen molar-refractivity contribution in [3.05, 3.63) is 85.1 Å². The molecule has 4 N–H and O–H groups in total. The van der Waals surface area contributed by atoms with Gasteiger partial charge in [0.25, 0.3) is 0 Å². The Hall–Kier alpha value is -2.85. The minimum Gasteiger partial charge on any atom is -0.480 e. The lowest BCUT2D eigenvalue weighted by molar-refractivity contribution is -0.154. The van der Waals surface area contributed by atoms with Gasteiger partial charge in [-0.3, -0.25) is 18.6 Å². The number of carboxylic acid groups (broad SMARTS) is 1. The Morgan fingerprint density at radius 1 is 0.541 bits per heavy atom. The van der Waals surface area contributed by atoms with Crippen molar-refractivity contribution in [3.63, 3.8) is 0 Å². The maximum atomic E-state index is 12.7. The summed E-state index contributed by atoms with van der Waals surface area (Å²) in [5, 5.41) is 8.92. The lowest BCUT2D eigenvalue weighted by Gasteiger charge is -2.20. The van der Waals surface area contributed by atoms with Gasteiger partial charge in [-0.25, -0.2) is 4.57 Å². The summed E-state index contributed by atoms with van der Waals surface area (Å²) in [6.45, 7) is 3.67. The summed E-state index contributed by atoms with van der Waals surface area (Å²) >= 11 is 0. The quantitative estimate of drug-likeness (QED) is 0.0233. The second-order valence-electron chi connectivity index (χ2n) is 15.5. The molecule has 0 aliphatic rings. The molecule has 0 aromatic carbocycles. The van der Waals surface area contributed by atoms with Crippen molar-refractivity contribution in [1.29, 1.82) is 0 Å². The fourth-order valence-electron chi connectivity index (χ4n) is 6.01. The van der Waals surface area contributed by atoms with E-state index >= 15 is 0 Å².